The second-order valence-corrected chi connectivity index (χ2v) is 9.12. The number of nitrogens with one attached hydrogen (secondary N) is 1. The molecule has 1 aliphatic heterocycles. The average Bonchev–Trinajstić information content (AvgIpc) is 2.72. The molecule has 0 radical (unpaired) electrons. The molecule has 1 aliphatic rings. The molecule has 0 aromatic heterocycles. The normalized spacial score (nSPS) is 16.0. The SMILES string of the molecule is CC(C)(C)C1CCNc2c(COc3ccccc3)cc(Cc3ccccc3)cc21. The van der Waals surface area contributed by atoms with E-state index in [2.05, 4.69) is 68.6 Å². The molecule has 0 amide bonds. The number of benzene rings is 3. The van der Waals surface area contributed by atoms with E-state index in [-0.39, 0.29) is 5.41 Å². The molecule has 2 heteroatoms. The van der Waals surface area contributed by atoms with Crippen LogP contribution in [-0.2, 0) is 13.0 Å². The third kappa shape index (κ3) is 4.64. The molecule has 150 valence electrons. The summed E-state index contributed by atoms with van der Waals surface area (Å²) in [5.41, 5.74) is 6.93. The van der Waals surface area contributed by atoms with Gasteiger partial charge in [0, 0.05) is 17.8 Å². The summed E-state index contributed by atoms with van der Waals surface area (Å²) in [7, 11) is 0. The molecule has 1 heterocycles. The molecular formula is C27H31NO. The fourth-order valence-electron chi connectivity index (χ4n) is 4.41. The van der Waals surface area contributed by atoms with E-state index in [0.717, 1.165) is 18.7 Å². The molecule has 2 nitrogen and oxygen atoms in total. The minimum absolute atomic E-state index is 0.236. The maximum atomic E-state index is 6.14. The van der Waals surface area contributed by atoms with Gasteiger partial charge in [-0.2, -0.15) is 0 Å². The third-order valence-electron chi connectivity index (χ3n) is 5.85. The lowest BCUT2D eigenvalue weighted by Gasteiger charge is -2.37. The van der Waals surface area contributed by atoms with Gasteiger partial charge in [-0.15, -0.1) is 0 Å². The maximum absolute atomic E-state index is 6.14. The van der Waals surface area contributed by atoms with Gasteiger partial charge in [0.2, 0.25) is 0 Å². The van der Waals surface area contributed by atoms with Crippen LogP contribution >= 0.6 is 0 Å². The first-order chi connectivity index (χ1) is 14.0. The van der Waals surface area contributed by atoms with E-state index in [9.17, 15) is 0 Å². The van der Waals surface area contributed by atoms with E-state index < -0.39 is 0 Å². The number of anilines is 1. The number of para-hydroxylation sites is 1. The molecule has 3 aromatic rings. The molecule has 29 heavy (non-hydrogen) atoms. The zero-order valence-electron chi connectivity index (χ0n) is 17.7. The van der Waals surface area contributed by atoms with Crippen LogP contribution in [-0.4, -0.2) is 6.54 Å². The smallest absolute Gasteiger partial charge is 0.119 e. The van der Waals surface area contributed by atoms with Crippen LogP contribution in [0.15, 0.2) is 72.8 Å². The number of hydrogen-bond donors (Lipinski definition) is 1. The molecule has 0 aliphatic carbocycles. The Morgan fingerprint density at radius 1 is 0.897 bits per heavy atom. The number of hydrogen-bond acceptors (Lipinski definition) is 2. The Morgan fingerprint density at radius 3 is 2.28 bits per heavy atom. The monoisotopic (exact) mass is 385 g/mol. The highest BCUT2D eigenvalue weighted by atomic mass is 16.5. The van der Waals surface area contributed by atoms with Gasteiger partial charge in [0.15, 0.2) is 0 Å². The minimum atomic E-state index is 0.236. The molecule has 0 spiro atoms. The topological polar surface area (TPSA) is 21.3 Å². The van der Waals surface area contributed by atoms with Gasteiger partial charge < -0.3 is 10.1 Å². The Labute approximate surface area is 174 Å². The van der Waals surface area contributed by atoms with E-state index in [1.165, 1.54) is 34.4 Å². The molecule has 0 fully saturated rings. The Balaban J connectivity index is 1.71. The summed E-state index contributed by atoms with van der Waals surface area (Å²) in [6.07, 6.45) is 2.12. The van der Waals surface area contributed by atoms with E-state index in [1.54, 1.807) is 0 Å². The summed E-state index contributed by atoms with van der Waals surface area (Å²) in [6, 6.07) is 25.6. The highest BCUT2D eigenvalue weighted by molar-refractivity contribution is 5.63. The molecule has 0 bridgehead atoms. The zero-order chi connectivity index (χ0) is 20.3. The van der Waals surface area contributed by atoms with Crippen molar-refractivity contribution < 1.29 is 4.74 Å². The van der Waals surface area contributed by atoms with E-state index in [0.29, 0.717) is 12.5 Å². The molecule has 1 unspecified atom stereocenters. The van der Waals surface area contributed by atoms with Crippen molar-refractivity contribution in [2.45, 2.75) is 46.1 Å². The van der Waals surface area contributed by atoms with Gasteiger partial charge >= 0.3 is 0 Å². The highest BCUT2D eigenvalue weighted by Gasteiger charge is 2.32. The molecule has 0 saturated carbocycles. The lowest BCUT2D eigenvalue weighted by molar-refractivity contribution is 0.297. The number of fused-ring (bicyclic) bond motifs is 1. The van der Waals surface area contributed by atoms with Crippen molar-refractivity contribution >= 4 is 5.69 Å². The Kier molecular flexibility index (Phi) is 5.62. The molecule has 0 saturated heterocycles. The number of rotatable bonds is 5. The minimum Gasteiger partial charge on any atom is -0.489 e. The van der Waals surface area contributed by atoms with E-state index >= 15 is 0 Å². The van der Waals surface area contributed by atoms with Crippen molar-refractivity contribution in [2.24, 2.45) is 5.41 Å². The van der Waals surface area contributed by atoms with Gasteiger partial charge in [-0.1, -0.05) is 75.4 Å². The van der Waals surface area contributed by atoms with Crippen LogP contribution in [0.5, 0.6) is 5.75 Å². The molecule has 1 atom stereocenters. The van der Waals surface area contributed by atoms with Gasteiger partial charge in [0.1, 0.15) is 12.4 Å². The predicted octanol–water partition coefficient (Wildman–Crippen LogP) is 6.80. The lowest BCUT2D eigenvalue weighted by Crippen LogP contribution is -2.27. The molecule has 4 rings (SSSR count). The standard InChI is InChI=1S/C27H31NO/c1-27(2,3)25-14-15-28-26-22(19-29-23-12-8-5-9-13-23)17-21(18-24(25)26)16-20-10-6-4-7-11-20/h4-13,17-18,25,28H,14-16,19H2,1-3H3. The lowest BCUT2D eigenvalue weighted by atomic mass is 9.72. The summed E-state index contributed by atoms with van der Waals surface area (Å²) in [5.74, 6) is 1.46. The van der Waals surface area contributed by atoms with Crippen molar-refractivity contribution in [1.29, 1.82) is 0 Å². The van der Waals surface area contributed by atoms with Crippen molar-refractivity contribution in [3.05, 3.63) is 95.1 Å². The van der Waals surface area contributed by atoms with Gasteiger partial charge in [-0.25, -0.2) is 0 Å². The summed E-state index contributed by atoms with van der Waals surface area (Å²) in [5, 5.41) is 3.68. The van der Waals surface area contributed by atoms with Crippen molar-refractivity contribution in [2.75, 3.05) is 11.9 Å². The summed E-state index contributed by atoms with van der Waals surface area (Å²) in [6.45, 7) is 8.68. The van der Waals surface area contributed by atoms with Gasteiger partial charge in [-0.3, -0.25) is 0 Å². The Hall–Kier alpha value is -2.74. The Morgan fingerprint density at radius 2 is 1.59 bits per heavy atom. The van der Waals surface area contributed by atoms with Gasteiger partial charge in [-0.05, 0) is 59.1 Å². The van der Waals surface area contributed by atoms with Crippen LogP contribution < -0.4 is 10.1 Å². The molecule has 3 aromatic carbocycles. The fourth-order valence-corrected chi connectivity index (χ4v) is 4.41. The summed E-state index contributed by atoms with van der Waals surface area (Å²) >= 11 is 0. The van der Waals surface area contributed by atoms with Crippen molar-refractivity contribution in [1.82, 2.24) is 0 Å². The molecule has 1 N–H and O–H groups in total. The van der Waals surface area contributed by atoms with Crippen LogP contribution in [0.1, 0.15) is 55.4 Å². The quantitative estimate of drug-likeness (QED) is 0.521. The highest BCUT2D eigenvalue weighted by Crippen LogP contribution is 2.45. The zero-order valence-corrected chi connectivity index (χ0v) is 17.7. The van der Waals surface area contributed by atoms with Crippen LogP contribution in [0.4, 0.5) is 5.69 Å². The van der Waals surface area contributed by atoms with Crippen LogP contribution in [0.25, 0.3) is 0 Å². The van der Waals surface area contributed by atoms with Crippen molar-refractivity contribution in [3.63, 3.8) is 0 Å². The molecular weight excluding hydrogens is 354 g/mol. The van der Waals surface area contributed by atoms with Crippen LogP contribution in [0.2, 0.25) is 0 Å². The first kappa shape index (κ1) is 19.6. The Bertz CT molecular complexity index is 942. The fraction of sp³-hybridized carbons (Fsp3) is 0.333. The summed E-state index contributed by atoms with van der Waals surface area (Å²) < 4.78 is 6.14. The van der Waals surface area contributed by atoms with Gasteiger partial charge in [0.05, 0.1) is 0 Å². The van der Waals surface area contributed by atoms with E-state index in [1.807, 2.05) is 30.3 Å². The van der Waals surface area contributed by atoms with E-state index in [4.69, 9.17) is 4.74 Å². The number of ether oxygens (including phenoxy) is 1. The van der Waals surface area contributed by atoms with Gasteiger partial charge in [0.25, 0.3) is 0 Å². The van der Waals surface area contributed by atoms with Crippen LogP contribution in [0, 0.1) is 5.41 Å². The second-order valence-electron chi connectivity index (χ2n) is 9.12. The maximum Gasteiger partial charge on any atom is 0.119 e. The second kappa shape index (κ2) is 8.32. The first-order valence-corrected chi connectivity index (χ1v) is 10.6. The summed E-state index contributed by atoms with van der Waals surface area (Å²) in [4.78, 5) is 0. The average molecular weight is 386 g/mol. The van der Waals surface area contributed by atoms with Crippen LogP contribution in [0.3, 0.4) is 0 Å². The first-order valence-electron chi connectivity index (χ1n) is 10.6. The van der Waals surface area contributed by atoms with Crippen molar-refractivity contribution in [3.8, 4) is 5.75 Å². The third-order valence-corrected chi connectivity index (χ3v) is 5.85. The predicted molar refractivity (Wildman–Crippen MR) is 122 cm³/mol. The largest absolute Gasteiger partial charge is 0.489 e.